The molecule has 1 aliphatic heterocycles. The molecule has 3 N–H and O–H groups in total. The molecule has 1 saturated heterocycles. The van der Waals surface area contributed by atoms with Crippen LogP contribution < -0.4 is 10.6 Å². The summed E-state index contributed by atoms with van der Waals surface area (Å²) in [5.74, 6) is 1.03. The lowest BCUT2D eigenvalue weighted by Crippen LogP contribution is -2.46. The summed E-state index contributed by atoms with van der Waals surface area (Å²) in [6.45, 7) is 3.75. The van der Waals surface area contributed by atoms with E-state index in [4.69, 9.17) is 17.3 Å². The van der Waals surface area contributed by atoms with Crippen molar-refractivity contribution in [2.75, 3.05) is 36.8 Å². The van der Waals surface area contributed by atoms with Gasteiger partial charge in [-0.3, -0.25) is 4.90 Å². The quantitative estimate of drug-likeness (QED) is 0.681. The van der Waals surface area contributed by atoms with Gasteiger partial charge < -0.3 is 15.7 Å². The van der Waals surface area contributed by atoms with Gasteiger partial charge in [0.2, 0.25) is 0 Å². The molecule has 1 fully saturated rings. The van der Waals surface area contributed by atoms with Gasteiger partial charge in [-0.05, 0) is 29.8 Å². The number of aromatic hydroxyl groups is 1. The number of anilines is 2. The Balaban J connectivity index is 1.50. The van der Waals surface area contributed by atoms with Crippen molar-refractivity contribution in [1.29, 1.82) is 0 Å². The number of phenols is 1. The number of nitrogen functional groups attached to an aromatic ring is 1. The first-order chi connectivity index (χ1) is 14.0. The summed E-state index contributed by atoms with van der Waals surface area (Å²) < 4.78 is 13.3. The van der Waals surface area contributed by atoms with Gasteiger partial charge in [0.05, 0.1) is 5.56 Å². The Hall–Kier alpha value is -2.90. The first-order valence-corrected chi connectivity index (χ1v) is 9.70. The highest BCUT2D eigenvalue weighted by Crippen LogP contribution is 2.33. The molecule has 0 saturated carbocycles. The zero-order chi connectivity index (χ0) is 20.4. The van der Waals surface area contributed by atoms with Crippen LogP contribution in [0.25, 0.3) is 11.1 Å². The number of nitrogens with zero attached hydrogens (tertiary/aromatic N) is 4. The van der Waals surface area contributed by atoms with E-state index < -0.39 is 0 Å². The van der Waals surface area contributed by atoms with E-state index in [1.165, 1.54) is 18.5 Å². The van der Waals surface area contributed by atoms with E-state index in [1.807, 2.05) is 6.07 Å². The van der Waals surface area contributed by atoms with Crippen LogP contribution in [-0.2, 0) is 6.54 Å². The summed E-state index contributed by atoms with van der Waals surface area (Å²) >= 11 is 5.91. The molecule has 29 heavy (non-hydrogen) atoms. The highest BCUT2D eigenvalue weighted by atomic mass is 35.5. The maximum atomic E-state index is 13.3. The second kappa shape index (κ2) is 8.23. The minimum absolute atomic E-state index is 0.210. The topological polar surface area (TPSA) is 78.5 Å². The van der Waals surface area contributed by atoms with Crippen molar-refractivity contribution in [2.24, 2.45) is 0 Å². The van der Waals surface area contributed by atoms with E-state index >= 15 is 0 Å². The average Bonchev–Trinajstić information content (AvgIpc) is 2.71. The molecule has 0 amide bonds. The van der Waals surface area contributed by atoms with Gasteiger partial charge in [-0.15, -0.1) is 0 Å². The highest BCUT2D eigenvalue weighted by molar-refractivity contribution is 6.30. The predicted molar refractivity (Wildman–Crippen MR) is 112 cm³/mol. The van der Waals surface area contributed by atoms with Crippen LogP contribution in [0.4, 0.5) is 16.0 Å². The summed E-state index contributed by atoms with van der Waals surface area (Å²) in [5.41, 5.74) is 8.49. The molecule has 0 bridgehead atoms. The zero-order valence-corrected chi connectivity index (χ0v) is 16.5. The zero-order valence-electron chi connectivity index (χ0n) is 15.7. The van der Waals surface area contributed by atoms with Crippen LogP contribution >= 0.6 is 11.6 Å². The molecule has 1 aromatic heterocycles. The van der Waals surface area contributed by atoms with Crippen molar-refractivity contribution in [3.63, 3.8) is 0 Å². The Morgan fingerprint density at radius 3 is 2.45 bits per heavy atom. The molecular weight excluding hydrogens is 393 g/mol. The number of phenolic OH excluding ortho intramolecular Hbond substituents is 1. The fourth-order valence-corrected chi connectivity index (χ4v) is 3.72. The Morgan fingerprint density at radius 2 is 1.76 bits per heavy atom. The first-order valence-electron chi connectivity index (χ1n) is 9.32. The van der Waals surface area contributed by atoms with Crippen LogP contribution in [0.5, 0.6) is 5.75 Å². The van der Waals surface area contributed by atoms with Crippen molar-refractivity contribution in [3.05, 3.63) is 65.2 Å². The van der Waals surface area contributed by atoms with E-state index in [2.05, 4.69) is 19.8 Å². The fourth-order valence-electron chi connectivity index (χ4n) is 3.55. The third-order valence-corrected chi connectivity index (χ3v) is 5.34. The molecule has 150 valence electrons. The standard InChI is InChI=1S/C21H21ClFN5O/c22-16-4-1-15(18(29)11-16)12-27-7-9-28(10-8-27)21-19(20(24)25-13-26-21)14-2-5-17(23)6-3-14/h1-6,11,13,29H,7-10,12H2,(H2,24,25,26). The van der Waals surface area contributed by atoms with Crippen molar-refractivity contribution in [3.8, 4) is 16.9 Å². The van der Waals surface area contributed by atoms with E-state index in [9.17, 15) is 9.50 Å². The number of benzene rings is 2. The number of hydrogen-bond donors (Lipinski definition) is 2. The van der Waals surface area contributed by atoms with Gasteiger partial charge in [-0.2, -0.15) is 0 Å². The molecule has 4 rings (SSSR count). The molecule has 6 nitrogen and oxygen atoms in total. The van der Waals surface area contributed by atoms with Gasteiger partial charge in [0, 0.05) is 43.3 Å². The Bertz CT molecular complexity index is 1010. The van der Waals surface area contributed by atoms with Gasteiger partial charge in [0.15, 0.2) is 0 Å². The fraction of sp³-hybridized carbons (Fsp3) is 0.238. The number of halogens is 2. The van der Waals surface area contributed by atoms with Gasteiger partial charge in [0.25, 0.3) is 0 Å². The Morgan fingerprint density at radius 1 is 1.03 bits per heavy atom. The molecule has 3 aromatic rings. The lowest BCUT2D eigenvalue weighted by atomic mass is 10.1. The van der Waals surface area contributed by atoms with E-state index in [0.29, 0.717) is 17.4 Å². The third kappa shape index (κ3) is 4.26. The molecule has 1 aliphatic rings. The number of rotatable bonds is 4. The summed E-state index contributed by atoms with van der Waals surface area (Å²) in [7, 11) is 0. The minimum Gasteiger partial charge on any atom is -0.508 e. The maximum absolute atomic E-state index is 13.3. The van der Waals surface area contributed by atoms with Crippen LogP contribution in [0.1, 0.15) is 5.56 Å². The van der Waals surface area contributed by atoms with Crippen LogP contribution in [0.15, 0.2) is 48.8 Å². The van der Waals surface area contributed by atoms with Crippen LogP contribution in [0.3, 0.4) is 0 Å². The van der Waals surface area contributed by atoms with Gasteiger partial charge in [0.1, 0.15) is 29.5 Å². The SMILES string of the molecule is Nc1ncnc(N2CCN(Cc3ccc(Cl)cc3O)CC2)c1-c1ccc(F)cc1. The van der Waals surface area contributed by atoms with Crippen molar-refractivity contribution < 1.29 is 9.50 Å². The summed E-state index contributed by atoms with van der Waals surface area (Å²) in [6.07, 6.45) is 1.45. The predicted octanol–water partition coefficient (Wildman–Crippen LogP) is 3.55. The van der Waals surface area contributed by atoms with Crippen LogP contribution in [0, 0.1) is 5.82 Å². The van der Waals surface area contributed by atoms with Crippen LogP contribution in [-0.4, -0.2) is 46.2 Å². The lowest BCUT2D eigenvalue weighted by Gasteiger charge is -2.36. The molecule has 8 heteroatoms. The van der Waals surface area contributed by atoms with Crippen LogP contribution in [0.2, 0.25) is 5.02 Å². The monoisotopic (exact) mass is 413 g/mol. The molecule has 0 unspecified atom stereocenters. The Kier molecular flexibility index (Phi) is 5.51. The van der Waals surface area contributed by atoms with Crippen molar-refractivity contribution >= 4 is 23.2 Å². The maximum Gasteiger partial charge on any atom is 0.142 e. The van der Waals surface area contributed by atoms with Gasteiger partial charge >= 0.3 is 0 Å². The molecule has 0 radical (unpaired) electrons. The number of aromatic nitrogens is 2. The number of hydrogen-bond acceptors (Lipinski definition) is 6. The van der Waals surface area contributed by atoms with E-state index in [1.54, 1.807) is 24.3 Å². The largest absolute Gasteiger partial charge is 0.508 e. The lowest BCUT2D eigenvalue weighted by molar-refractivity contribution is 0.246. The second-order valence-electron chi connectivity index (χ2n) is 7.00. The smallest absolute Gasteiger partial charge is 0.142 e. The van der Waals surface area contributed by atoms with Gasteiger partial charge in [-0.1, -0.05) is 29.8 Å². The number of piperazine rings is 1. The molecule has 0 atom stereocenters. The Labute approximate surface area is 173 Å². The molecule has 2 aromatic carbocycles. The summed E-state index contributed by atoms with van der Waals surface area (Å²) in [6, 6.07) is 11.4. The molecule has 0 aliphatic carbocycles. The van der Waals surface area contributed by atoms with Crippen molar-refractivity contribution in [2.45, 2.75) is 6.54 Å². The number of nitrogens with two attached hydrogens (primary N) is 1. The van der Waals surface area contributed by atoms with Crippen molar-refractivity contribution in [1.82, 2.24) is 14.9 Å². The molecule has 2 heterocycles. The van der Waals surface area contributed by atoms with E-state index in [-0.39, 0.29) is 11.6 Å². The highest BCUT2D eigenvalue weighted by Gasteiger charge is 2.23. The third-order valence-electron chi connectivity index (χ3n) is 5.10. The minimum atomic E-state index is -0.301. The average molecular weight is 414 g/mol. The molecular formula is C21H21ClFN5O. The first kappa shape index (κ1) is 19.4. The summed E-state index contributed by atoms with van der Waals surface area (Å²) in [4.78, 5) is 13.0. The van der Waals surface area contributed by atoms with E-state index in [0.717, 1.165) is 48.7 Å². The molecule has 0 spiro atoms. The second-order valence-corrected chi connectivity index (χ2v) is 7.44. The normalized spacial score (nSPS) is 14.9. The summed E-state index contributed by atoms with van der Waals surface area (Å²) in [5, 5.41) is 10.6. The van der Waals surface area contributed by atoms with Gasteiger partial charge in [-0.25, -0.2) is 14.4 Å².